The van der Waals surface area contributed by atoms with Gasteiger partial charge in [-0.05, 0) is 24.6 Å². The Morgan fingerprint density at radius 2 is 2.10 bits per heavy atom. The molecular formula is C12H11ClN4O3. The summed E-state index contributed by atoms with van der Waals surface area (Å²) in [6, 6.07) is 6.14. The molecule has 1 heterocycles. The van der Waals surface area contributed by atoms with E-state index in [1.54, 1.807) is 32.2 Å². The lowest BCUT2D eigenvalue weighted by molar-refractivity contribution is -0.383. The zero-order valence-corrected chi connectivity index (χ0v) is 11.5. The molecule has 8 heteroatoms. The number of carbonyl (C=O) groups is 1. The first-order chi connectivity index (χ1) is 9.41. The number of hydrogen-bond acceptors (Lipinski definition) is 5. The highest BCUT2D eigenvalue weighted by Gasteiger charge is 2.21. The molecule has 0 radical (unpaired) electrons. The molecule has 0 bridgehead atoms. The fourth-order valence-electron chi connectivity index (χ4n) is 1.91. The molecule has 0 spiro atoms. The lowest BCUT2D eigenvalue weighted by Crippen LogP contribution is -2.05. The number of halogens is 1. The number of nitrogens with one attached hydrogen (secondary N) is 1. The van der Waals surface area contributed by atoms with Crippen LogP contribution in [-0.2, 0) is 7.05 Å². The van der Waals surface area contributed by atoms with Crippen molar-refractivity contribution in [3.8, 4) is 0 Å². The molecule has 2 rings (SSSR count). The standard InChI is InChI=1S/C12H11ClN4O3/c1-7-10(11(12(13)18)16(2)15-7)14-8-5-3-4-6-9(8)17(19)20/h3-6,14H,1-2H3. The normalized spacial score (nSPS) is 10.3. The van der Waals surface area contributed by atoms with Gasteiger partial charge in [0.2, 0.25) is 0 Å². The average Bonchev–Trinajstić information content (AvgIpc) is 2.64. The number of rotatable bonds is 4. The molecular weight excluding hydrogens is 284 g/mol. The van der Waals surface area contributed by atoms with Crippen molar-refractivity contribution in [2.24, 2.45) is 7.05 Å². The van der Waals surface area contributed by atoms with E-state index in [2.05, 4.69) is 10.4 Å². The van der Waals surface area contributed by atoms with Crippen LogP contribution < -0.4 is 5.32 Å². The van der Waals surface area contributed by atoms with Gasteiger partial charge in [0.15, 0.2) is 0 Å². The largest absolute Gasteiger partial charge is 0.346 e. The summed E-state index contributed by atoms with van der Waals surface area (Å²) < 4.78 is 1.34. The Hall–Kier alpha value is -2.41. The summed E-state index contributed by atoms with van der Waals surface area (Å²) in [5.74, 6) is 0. The molecule has 104 valence electrons. The number of nitro benzene ring substituents is 1. The highest BCUT2D eigenvalue weighted by atomic mass is 35.5. The number of benzene rings is 1. The molecule has 0 aliphatic carbocycles. The van der Waals surface area contributed by atoms with Crippen LogP contribution in [0.15, 0.2) is 24.3 Å². The zero-order chi connectivity index (χ0) is 14.9. The van der Waals surface area contributed by atoms with Gasteiger partial charge in [-0.15, -0.1) is 0 Å². The quantitative estimate of drug-likeness (QED) is 0.532. The van der Waals surface area contributed by atoms with Crippen LogP contribution in [0.25, 0.3) is 0 Å². The van der Waals surface area contributed by atoms with E-state index >= 15 is 0 Å². The maximum atomic E-state index is 11.4. The van der Waals surface area contributed by atoms with E-state index in [-0.39, 0.29) is 17.1 Å². The van der Waals surface area contributed by atoms with Crippen molar-refractivity contribution in [1.29, 1.82) is 0 Å². The van der Waals surface area contributed by atoms with Gasteiger partial charge in [0.05, 0.1) is 16.3 Å². The summed E-state index contributed by atoms with van der Waals surface area (Å²) in [5.41, 5.74) is 1.22. The van der Waals surface area contributed by atoms with E-state index in [1.165, 1.54) is 10.7 Å². The zero-order valence-electron chi connectivity index (χ0n) is 10.8. The second-order valence-electron chi connectivity index (χ2n) is 4.11. The number of hydrogen-bond donors (Lipinski definition) is 1. The van der Waals surface area contributed by atoms with Crippen molar-refractivity contribution >= 4 is 33.9 Å². The Kier molecular flexibility index (Phi) is 3.71. The van der Waals surface area contributed by atoms with Crippen molar-refractivity contribution in [1.82, 2.24) is 9.78 Å². The van der Waals surface area contributed by atoms with Crippen LogP contribution >= 0.6 is 11.6 Å². The van der Waals surface area contributed by atoms with Crippen LogP contribution in [-0.4, -0.2) is 19.9 Å². The van der Waals surface area contributed by atoms with Crippen molar-refractivity contribution in [2.45, 2.75) is 6.92 Å². The number of nitro groups is 1. The lowest BCUT2D eigenvalue weighted by Gasteiger charge is -2.07. The second kappa shape index (κ2) is 5.30. The predicted molar refractivity (Wildman–Crippen MR) is 74.5 cm³/mol. The number of nitrogens with zero attached hydrogens (tertiary/aromatic N) is 3. The predicted octanol–water partition coefficient (Wildman–Crippen LogP) is 2.76. The van der Waals surface area contributed by atoms with Crippen LogP contribution in [0, 0.1) is 17.0 Å². The van der Waals surface area contributed by atoms with Crippen LogP contribution in [0.1, 0.15) is 16.2 Å². The smallest absolute Gasteiger partial charge is 0.292 e. The molecule has 0 saturated heterocycles. The summed E-state index contributed by atoms with van der Waals surface area (Å²) in [6.07, 6.45) is 0. The molecule has 0 unspecified atom stereocenters. The van der Waals surface area contributed by atoms with Gasteiger partial charge >= 0.3 is 0 Å². The molecule has 0 saturated carbocycles. The molecule has 0 aliphatic heterocycles. The van der Waals surface area contributed by atoms with E-state index in [0.717, 1.165) is 0 Å². The van der Waals surface area contributed by atoms with Gasteiger partial charge in [0, 0.05) is 13.1 Å². The fraction of sp³-hybridized carbons (Fsp3) is 0.167. The molecule has 20 heavy (non-hydrogen) atoms. The number of aromatic nitrogens is 2. The van der Waals surface area contributed by atoms with E-state index < -0.39 is 10.2 Å². The number of aryl methyl sites for hydroxylation is 2. The van der Waals surface area contributed by atoms with Gasteiger partial charge in [0.1, 0.15) is 11.4 Å². The number of carbonyl (C=O) groups excluding carboxylic acids is 1. The molecule has 1 aromatic carbocycles. The van der Waals surface area contributed by atoms with E-state index in [0.29, 0.717) is 11.4 Å². The van der Waals surface area contributed by atoms with Crippen LogP contribution in [0.3, 0.4) is 0 Å². The summed E-state index contributed by atoms with van der Waals surface area (Å²) in [5, 5.41) is 17.2. The fourth-order valence-corrected chi connectivity index (χ4v) is 2.12. The lowest BCUT2D eigenvalue weighted by atomic mass is 10.2. The van der Waals surface area contributed by atoms with Gasteiger partial charge in [-0.2, -0.15) is 5.10 Å². The topological polar surface area (TPSA) is 90.1 Å². The molecule has 0 atom stereocenters. The molecule has 2 aromatic rings. The first-order valence-electron chi connectivity index (χ1n) is 5.65. The molecule has 1 N–H and O–H groups in total. The Bertz CT molecular complexity index is 696. The highest BCUT2D eigenvalue weighted by Crippen LogP contribution is 2.30. The minimum Gasteiger partial charge on any atom is -0.346 e. The third-order valence-corrected chi connectivity index (χ3v) is 2.95. The van der Waals surface area contributed by atoms with Crippen LogP contribution in [0.5, 0.6) is 0 Å². The monoisotopic (exact) mass is 294 g/mol. The van der Waals surface area contributed by atoms with Gasteiger partial charge in [-0.1, -0.05) is 12.1 Å². The second-order valence-corrected chi connectivity index (χ2v) is 4.45. The van der Waals surface area contributed by atoms with E-state index in [9.17, 15) is 14.9 Å². The van der Waals surface area contributed by atoms with Gasteiger partial charge < -0.3 is 5.32 Å². The minimum atomic E-state index is -0.686. The molecule has 7 nitrogen and oxygen atoms in total. The minimum absolute atomic E-state index is 0.0938. The summed E-state index contributed by atoms with van der Waals surface area (Å²) in [4.78, 5) is 21.9. The van der Waals surface area contributed by atoms with Crippen molar-refractivity contribution in [2.75, 3.05) is 5.32 Å². The number of para-hydroxylation sites is 2. The Balaban J connectivity index is 2.51. The molecule has 1 aromatic heterocycles. The van der Waals surface area contributed by atoms with Gasteiger partial charge in [-0.25, -0.2) is 0 Å². The van der Waals surface area contributed by atoms with Gasteiger partial charge in [-0.3, -0.25) is 19.6 Å². The Morgan fingerprint density at radius 1 is 1.45 bits per heavy atom. The van der Waals surface area contributed by atoms with Crippen molar-refractivity contribution in [3.05, 3.63) is 45.8 Å². The Morgan fingerprint density at radius 3 is 2.70 bits per heavy atom. The average molecular weight is 295 g/mol. The molecule has 0 fully saturated rings. The first-order valence-corrected chi connectivity index (χ1v) is 6.03. The SMILES string of the molecule is Cc1nn(C)c(C(=O)Cl)c1Nc1ccccc1[N+](=O)[O-]. The highest BCUT2D eigenvalue weighted by molar-refractivity contribution is 6.68. The van der Waals surface area contributed by atoms with Crippen molar-refractivity contribution in [3.63, 3.8) is 0 Å². The van der Waals surface area contributed by atoms with E-state index in [4.69, 9.17) is 11.6 Å². The van der Waals surface area contributed by atoms with Crippen molar-refractivity contribution < 1.29 is 9.72 Å². The Labute approximate surface area is 119 Å². The third-order valence-electron chi connectivity index (χ3n) is 2.77. The maximum absolute atomic E-state index is 11.4. The first kappa shape index (κ1) is 14.0. The summed E-state index contributed by atoms with van der Waals surface area (Å²) in [7, 11) is 1.58. The molecule has 0 amide bonds. The third kappa shape index (κ3) is 2.48. The summed E-state index contributed by atoms with van der Waals surface area (Å²) >= 11 is 5.52. The van der Waals surface area contributed by atoms with E-state index in [1.807, 2.05) is 0 Å². The molecule has 0 aliphatic rings. The number of anilines is 2. The maximum Gasteiger partial charge on any atom is 0.292 e. The van der Waals surface area contributed by atoms with Crippen LogP contribution in [0.2, 0.25) is 0 Å². The summed E-state index contributed by atoms with van der Waals surface area (Å²) in [6.45, 7) is 1.68. The van der Waals surface area contributed by atoms with Gasteiger partial charge in [0.25, 0.3) is 10.9 Å². The van der Waals surface area contributed by atoms with Crippen LogP contribution in [0.4, 0.5) is 17.1 Å².